The molecule has 0 aliphatic carbocycles. The van der Waals surface area contributed by atoms with Gasteiger partial charge in [-0.25, -0.2) is 4.98 Å². The van der Waals surface area contributed by atoms with Crippen molar-refractivity contribution in [2.24, 2.45) is 0 Å². The number of tetrazole rings is 1. The highest BCUT2D eigenvalue weighted by Gasteiger charge is 2.16. The van der Waals surface area contributed by atoms with Crippen LogP contribution >= 0.6 is 11.6 Å². The van der Waals surface area contributed by atoms with Crippen LogP contribution in [0, 0.1) is 0 Å². The fourth-order valence-electron chi connectivity index (χ4n) is 1.67. The number of nitrogens with one attached hydrogen (secondary N) is 3. The minimum Gasteiger partial charge on any atom is -0.370 e. The topological polar surface area (TPSA) is 108 Å². The molecule has 0 spiro atoms. The third-order valence-corrected chi connectivity index (χ3v) is 2.90. The molecule has 0 aliphatic heterocycles. The van der Waals surface area contributed by atoms with Crippen molar-refractivity contribution in [2.45, 2.75) is 26.3 Å². The number of carbonyl (C=O) groups excluding carboxylic acids is 1. The number of H-pyrrole nitrogens is 1. The molecular weight excluding hydrogens is 294 g/mol. The maximum Gasteiger partial charge on any atom is 0.252 e. The Balaban J connectivity index is 2.09. The molecule has 112 valence electrons. The van der Waals surface area contributed by atoms with E-state index in [1.54, 1.807) is 13.0 Å². The zero-order valence-electron chi connectivity index (χ0n) is 11.7. The van der Waals surface area contributed by atoms with Crippen LogP contribution in [0.4, 0.5) is 5.82 Å². The van der Waals surface area contributed by atoms with E-state index in [0.717, 1.165) is 13.0 Å². The molecule has 2 aromatic heterocycles. The Morgan fingerprint density at radius 1 is 1.48 bits per heavy atom. The Hall–Kier alpha value is -2.22. The number of amides is 1. The van der Waals surface area contributed by atoms with E-state index >= 15 is 0 Å². The summed E-state index contributed by atoms with van der Waals surface area (Å²) in [6.07, 6.45) is 0.949. The zero-order chi connectivity index (χ0) is 15.2. The van der Waals surface area contributed by atoms with Crippen LogP contribution in [0.25, 0.3) is 0 Å². The lowest BCUT2D eigenvalue weighted by Gasteiger charge is -2.11. The molecule has 9 heteroatoms. The van der Waals surface area contributed by atoms with Gasteiger partial charge in [-0.15, -0.1) is 10.2 Å². The van der Waals surface area contributed by atoms with Gasteiger partial charge in [-0.2, -0.15) is 5.21 Å². The van der Waals surface area contributed by atoms with Gasteiger partial charge in [-0.1, -0.05) is 23.7 Å². The summed E-state index contributed by atoms with van der Waals surface area (Å²) in [5.74, 6) is 0.700. The van der Waals surface area contributed by atoms with E-state index in [1.807, 2.05) is 6.92 Å². The number of hydrogen-bond donors (Lipinski definition) is 3. The molecule has 2 heterocycles. The molecule has 21 heavy (non-hydrogen) atoms. The molecule has 8 nitrogen and oxygen atoms in total. The Morgan fingerprint density at radius 2 is 2.29 bits per heavy atom. The van der Waals surface area contributed by atoms with E-state index in [0.29, 0.717) is 17.2 Å². The standard InChI is InChI=1S/C12H16ClN7O/c1-3-4-14-10-6-8(5-9(13)16-10)12(21)15-7(2)11-17-19-20-18-11/h5-7H,3-4H2,1-2H3,(H,14,16)(H,15,21)(H,17,18,19,20). The van der Waals surface area contributed by atoms with Gasteiger partial charge >= 0.3 is 0 Å². The van der Waals surface area contributed by atoms with E-state index in [-0.39, 0.29) is 17.1 Å². The van der Waals surface area contributed by atoms with Crippen LogP contribution < -0.4 is 10.6 Å². The Labute approximate surface area is 126 Å². The smallest absolute Gasteiger partial charge is 0.252 e. The number of nitrogens with zero attached hydrogens (tertiary/aromatic N) is 4. The fraction of sp³-hybridized carbons (Fsp3) is 0.417. The van der Waals surface area contributed by atoms with Gasteiger partial charge in [-0.3, -0.25) is 4.79 Å². The molecule has 1 atom stereocenters. The lowest BCUT2D eigenvalue weighted by atomic mass is 10.2. The highest BCUT2D eigenvalue weighted by molar-refractivity contribution is 6.29. The molecule has 1 unspecified atom stereocenters. The molecule has 0 aromatic carbocycles. The van der Waals surface area contributed by atoms with Crippen molar-refractivity contribution in [3.8, 4) is 0 Å². The number of aromatic amines is 1. The van der Waals surface area contributed by atoms with E-state index in [9.17, 15) is 4.79 Å². The van der Waals surface area contributed by atoms with Crippen LogP contribution in [0.5, 0.6) is 0 Å². The van der Waals surface area contributed by atoms with Crippen molar-refractivity contribution in [1.82, 2.24) is 30.9 Å². The van der Waals surface area contributed by atoms with Gasteiger partial charge in [0.25, 0.3) is 5.91 Å². The summed E-state index contributed by atoms with van der Waals surface area (Å²) in [5.41, 5.74) is 0.420. The number of aromatic nitrogens is 5. The monoisotopic (exact) mass is 309 g/mol. The van der Waals surface area contributed by atoms with Crippen molar-refractivity contribution in [1.29, 1.82) is 0 Å². The second kappa shape index (κ2) is 6.98. The number of rotatable bonds is 6. The molecule has 0 bridgehead atoms. The summed E-state index contributed by atoms with van der Waals surface area (Å²) in [5, 5.41) is 19.6. The van der Waals surface area contributed by atoms with E-state index in [1.165, 1.54) is 6.07 Å². The summed E-state index contributed by atoms with van der Waals surface area (Å²) in [7, 11) is 0. The van der Waals surface area contributed by atoms with Crippen LogP contribution in [-0.2, 0) is 0 Å². The summed E-state index contributed by atoms with van der Waals surface area (Å²) >= 11 is 5.94. The van der Waals surface area contributed by atoms with Gasteiger partial charge in [0.1, 0.15) is 11.0 Å². The van der Waals surface area contributed by atoms with Gasteiger partial charge in [0.05, 0.1) is 6.04 Å². The second-order valence-electron chi connectivity index (χ2n) is 4.46. The number of anilines is 1. The molecule has 1 amide bonds. The normalized spacial score (nSPS) is 12.0. The van der Waals surface area contributed by atoms with Crippen LogP contribution in [0.15, 0.2) is 12.1 Å². The van der Waals surface area contributed by atoms with Crippen LogP contribution in [0.1, 0.15) is 42.5 Å². The maximum absolute atomic E-state index is 12.2. The van der Waals surface area contributed by atoms with Crippen molar-refractivity contribution in [3.63, 3.8) is 0 Å². The summed E-state index contributed by atoms with van der Waals surface area (Å²) in [6.45, 7) is 4.56. The number of carbonyl (C=O) groups is 1. The summed E-state index contributed by atoms with van der Waals surface area (Å²) in [6, 6.07) is 2.80. The molecular formula is C12H16ClN7O. The molecule has 0 fully saturated rings. The van der Waals surface area contributed by atoms with Gasteiger partial charge < -0.3 is 10.6 Å². The maximum atomic E-state index is 12.2. The summed E-state index contributed by atoms with van der Waals surface area (Å²) in [4.78, 5) is 16.3. The lowest BCUT2D eigenvalue weighted by Crippen LogP contribution is -2.27. The van der Waals surface area contributed by atoms with Crippen molar-refractivity contribution < 1.29 is 4.79 Å². The number of pyridine rings is 1. The first kappa shape index (κ1) is 15.2. The average molecular weight is 310 g/mol. The van der Waals surface area contributed by atoms with E-state index in [4.69, 9.17) is 11.6 Å². The third kappa shape index (κ3) is 4.12. The SMILES string of the molecule is CCCNc1cc(C(=O)NC(C)c2nn[nH]n2)cc(Cl)n1. The highest BCUT2D eigenvalue weighted by atomic mass is 35.5. The molecule has 0 saturated carbocycles. The van der Waals surface area contributed by atoms with Gasteiger partial charge in [0, 0.05) is 12.1 Å². The van der Waals surface area contributed by atoms with Crippen LogP contribution in [-0.4, -0.2) is 38.1 Å². The molecule has 3 N–H and O–H groups in total. The van der Waals surface area contributed by atoms with E-state index < -0.39 is 0 Å². The molecule has 0 radical (unpaired) electrons. The molecule has 2 aromatic rings. The molecule has 0 aliphatic rings. The predicted molar refractivity (Wildman–Crippen MR) is 78.1 cm³/mol. The second-order valence-corrected chi connectivity index (χ2v) is 4.84. The molecule has 0 saturated heterocycles. The number of halogens is 1. The van der Waals surface area contributed by atoms with Crippen molar-refractivity contribution >= 4 is 23.3 Å². The summed E-state index contributed by atoms with van der Waals surface area (Å²) < 4.78 is 0. The quantitative estimate of drug-likeness (QED) is 0.699. The van der Waals surface area contributed by atoms with Gasteiger partial charge in [-0.05, 0) is 25.5 Å². The van der Waals surface area contributed by atoms with Crippen LogP contribution in [0.2, 0.25) is 5.15 Å². The van der Waals surface area contributed by atoms with Gasteiger partial charge in [0.15, 0.2) is 5.82 Å². The van der Waals surface area contributed by atoms with Crippen molar-refractivity contribution in [3.05, 3.63) is 28.7 Å². The Kier molecular flexibility index (Phi) is 5.04. The van der Waals surface area contributed by atoms with Gasteiger partial charge in [0.2, 0.25) is 0 Å². The van der Waals surface area contributed by atoms with Crippen LogP contribution in [0.3, 0.4) is 0 Å². The third-order valence-electron chi connectivity index (χ3n) is 2.71. The Bertz CT molecular complexity index is 602. The first-order valence-electron chi connectivity index (χ1n) is 6.55. The molecule has 2 rings (SSSR count). The predicted octanol–water partition coefficient (Wildman–Crippen LogP) is 1.56. The first-order chi connectivity index (χ1) is 10.1. The lowest BCUT2D eigenvalue weighted by molar-refractivity contribution is 0.0938. The minimum absolute atomic E-state index is 0.258. The average Bonchev–Trinajstić information content (AvgIpc) is 2.98. The van der Waals surface area contributed by atoms with Crippen molar-refractivity contribution in [2.75, 3.05) is 11.9 Å². The first-order valence-corrected chi connectivity index (χ1v) is 6.93. The van der Waals surface area contributed by atoms with E-state index in [2.05, 4.69) is 36.2 Å². The largest absolute Gasteiger partial charge is 0.370 e. The highest BCUT2D eigenvalue weighted by Crippen LogP contribution is 2.15. The Morgan fingerprint density at radius 3 is 2.95 bits per heavy atom. The zero-order valence-corrected chi connectivity index (χ0v) is 12.5. The minimum atomic E-state index is -0.366. The number of hydrogen-bond acceptors (Lipinski definition) is 6. The fourth-order valence-corrected chi connectivity index (χ4v) is 1.88.